The van der Waals surface area contributed by atoms with E-state index in [1.54, 1.807) is 60.7 Å². The van der Waals surface area contributed by atoms with Gasteiger partial charge in [0.1, 0.15) is 13.2 Å². The average molecular weight is 606 g/mol. The van der Waals surface area contributed by atoms with Crippen molar-refractivity contribution in [2.45, 2.75) is 32.3 Å². The number of amides is 1. The van der Waals surface area contributed by atoms with Crippen LogP contribution in [-0.4, -0.2) is 33.7 Å². The Morgan fingerprint density at radius 3 is 2.33 bits per heavy atom. The number of rotatable bonds is 12. The van der Waals surface area contributed by atoms with Gasteiger partial charge in [-0.15, -0.1) is 0 Å². The third kappa shape index (κ3) is 8.11. The molecular formula is C32H32ClN3O5S. The molecular weight excluding hydrogens is 574 g/mol. The van der Waals surface area contributed by atoms with E-state index in [-0.39, 0.29) is 4.90 Å². The lowest BCUT2D eigenvalue weighted by Gasteiger charge is -2.24. The molecule has 0 saturated carbocycles. The van der Waals surface area contributed by atoms with Crippen LogP contribution in [0, 0.1) is 13.8 Å². The summed E-state index contributed by atoms with van der Waals surface area (Å²) in [5.74, 6) is 0.482. The predicted octanol–water partition coefficient (Wildman–Crippen LogP) is 6.28. The highest BCUT2D eigenvalue weighted by Crippen LogP contribution is 2.29. The van der Waals surface area contributed by atoms with E-state index in [0.29, 0.717) is 41.0 Å². The molecule has 218 valence electrons. The molecule has 0 atom stereocenters. The van der Waals surface area contributed by atoms with Gasteiger partial charge in [0.15, 0.2) is 11.5 Å². The van der Waals surface area contributed by atoms with E-state index in [1.165, 1.54) is 18.3 Å². The van der Waals surface area contributed by atoms with Crippen LogP contribution >= 0.6 is 11.6 Å². The monoisotopic (exact) mass is 605 g/mol. The molecule has 4 aromatic rings. The molecule has 0 saturated heterocycles. The largest absolute Gasteiger partial charge is 0.490 e. The van der Waals surface area contributed by atoms with Crippen LogP contribution in [0.15, 0.2) is 101 Å². The maximum absolute atomic E-state index is 13.6. The first kappa shape index (κ1) is 30.6. The van der Waals surface area contributed by atoms with Gasteiger partial charge in [0, 0.05) is 5.02 Å². The van der Waals surface area contributed by atoms with Crippen molar-refractivity contribution in [3.8, 4) is 11.5 Å². The van der Waals surface area contributed by atoms with Crippen molar-refractivity contribution >= 4 is 39.4 Å². The molecule has 0 aliphatic carbocycles. The molecule has 0 aromatic heterocycles. The summed E-state index contributed by atoms with van der Waals surface area (Å²) in [6.07, 6.45) is 1.45. The Labute approximate surface area is 251 Å². The zero-order chi connectivity index (χ0) is 30.1. The minimum atomic E-state index is -4.02. The van der Waals surface area contributed by atoms with Gasteiger partial charge in [-0.05, 0) is 92.1 Å². The van der Waals surface area contributed by atoms with Gasteiger partial charge in [0.05, 0.1) is 23.4 Å². The number of nitrogens with zero attached hydrogens (tertiary/aromatic N) is 2. The van der Waals surface area contributed by atoms with Crippen molar-refractivity contribution in [3.05, 3.63) is 118 Å². The van der Waals surface area contributed by atoms with Gasteiger partial charge < -0.3 is 9.47 Å². The summed E-state index contributed by atoms with van der Waals surface area (Å²) in [6.45, 7) is 5.91. The van der Waals surface area contributed by atoms with Crippen LogP contribution in [0.3, 0.4) is 0 Å². The summed E-state index contributed by atoms with van der Waals surface area (Å²) in [6, 6.07) is 26.1. The topological polar surface area (TPSA) is 97.3 Å². The van der Waals surface area contributed by atoms with Gasteiger partial charge in [-0.3, -0.25) is 9.10 Å². The first-order valence-corrected chi connectivity index (χ1v) is 15.1. The SMILES string of the molecule is CCOc1cc(/C=N/NC(=O)CN(c2cccc(C)c2)S(=O)(=O)c2ccc(C)cc2)ccc1OCc1ccc(Cl)cc1. The van der Waals surface area contributed by atoms with E-state index in [9.17, 15) is 13.2 Å². The minimum Gasteiger partial charge on any atom is -0.490 e. The molecule has 0 fully saturated rings. The minimum absolute atomic E-state index is 0.0905. The molecule has 4 aromatic carbocycles. The lowest BCUT2D eigenvalue weighted by atomic mass is 10.2. The molecule has 0 heterocycles. The van der Waals surface area contributed by atoms with Crippen molar-refractivity contribution in [1.29, 1.82) is 0 Å². The molecule has 0 aliphatic rings. The van der Waals surface area contributed by atoms with Crippen molar-refractivity contribution in [2.24, 2.45) is 5.10 Å². The highest BCUT2D eigenvalue weighted by Gasteiger charge is 2.27. The Bertz CT molecular complexity index is 1660. The number of carbonyl (C=O) groups excluding carboxylic acids is 1. The number of aryl methyl sites for hydroxylation is 2. The molecule has 0 unspecified atom stereocenters. The molecule has 0 bridgehead atoms. The number of benzene rings is 4. The predicted molar refractivity (Wildman–Crippen MR) is 166 cm³/mol. The number of nitrogens with one attached hydrogen (secondary N) is 1. The summed E-state index contributed by atoms with van der Waals surface area (Å²) in [7, 11) is -4.02. The maximum Gasteiger partial charge on any atom is 0.264 e. The number of hydrogen-bond acceptors (Lipinski definition) is 6. The highest BCUT2D eigenvalue weighted by atomic mass is 35.5. The normalized spacial score (nSPS) is 11.3. The molecule has 0 radical (unpaired) electrons. The summed E-state index contributed by atoms with van der Waals surface area (Å²) in [5.41, 5.74) is 6.22. The van der Waals surface area contributed by atoms with E-state index in [1.807, 2.05) is 39.0 Å². The first-order chi connectivity index (χ1) is 20.2. The number of halogens is 1. The van der Waals surface area contributed by atoms with E-state index in [0.717, 1.165) is 21.0 Å². The molecule has 0 spiro atoms. The van der Waals surface area contributed by atoms with Crippen LogP contribution < -0.4 is 19.2 Å². The average Bonchev–Trinajstić information content (AvgIpc) is 2.96. The zero-order valence-corrected chi connectivity index (χ0v) is 25.2. The van der Waals surface area contributed by atoms with Crippen LogP contribution in [0.2, 0.25) is 5.02 Å². The van der Waals surface area contributed by atoms with E-state index < -0.39 is 22.5 Å². The zero-order valence-electron chi connectivity index (χ0n) is 23.6. The van der Waals surface area contributed by atoms with Crippen LogP contribution in [0.25, 0.3) is 0 Å². The number of hydrazone groups is 1. The van der Waals surface area contributed by atoms with Crippen LogP contribution in [-0.2, 0) is 21.4 Å². The number of sulfonamides is 1. The molecule has 10 heteroatoms. The Kier molecular flexibility index (Phi) is 10.2. The standard InChI is InChI=1S/C32H32ClN3O5S/c1-4-40-31-19-26(12-17-30(31)41-22-25-10-13-27(33)14-11-25)20-34-35-32(37)21-36(28-7-5-6-24(3)18-28)42(38,39)29-15-8-23(2)9-16-29/h5-20H,4,21-22H2,1-3H3,(H,35,37)/b34-20+. The summed E-state index contributed by atoms with van der Waals surface area (Å²) >= 11 is 5.95. The van der Waals surface area contributed by atoms with Crippen molar-refractivity contribution in [2.75, 3.05) is 17.5 Å². The summed E-state index contributed by atoms with van der Waals surface area (Å²) in [4.78, 5) is 13.0. The van der Waals surface area contributed by atoms with Crippen LogP contribution in [0.5, 0.6) is 11.5 Å². The lowest BCUT2D eigenvalue weighted by Crippen LogP contribution is -2.39. The Morgan fingerprint density at radius 2 is 1.64 bits per heavy atom. The van der Waals surface area contributed by atoms with Crippen molar-refractivity contribution in [1.82, 2.24) is 5.43 Å². The fourth-order valence-corrected chi connectivity index (χ4v) is 5.55. The van der Waals surface area contributed by atoms with Gasteiger partial charge >= 0.3 is 0 Å². The van der Waals surface area contributed by atoms with Crippen molar-refractivity contribution < 1.29 is 22.7 Å². The van der Waals surface area contributed by atoms with Crippen LogP contribution in [0.1, 0.15) is 29.2 Å². The van der Waals surface area contributed by atoms with Gasteiger partial charge in [0.25, 0.3) is 15.9 Å². The fraction of sp³-hybridized carbons (Fsp3) is 0.188. The Hall–Kier alpha value is -4.34. The van der Waals surface area contributed by atoms with E-state index in [2.05, 4.69) is 10.5 Å². The second-order valence-corrected chi connectivity index (χ2v) is 11.8. The van der Waals surface area contributed by atoms with Crippen LogP contribution in [0.4, 0.5) is 5.69 Å². The van der Waals surface area contributed by atoms with Gasteiger partial charge in [-0.2, -0.15) is 5.10 Å². The highest BCUT2D eigenvalue weighted by molar-refractivity contribution is 7.92. The smallest absolute Gasteiger partial charge is 0.264 e. The third-order valence-electron chi connectivity index (χ3n) is 6.16. The first-order valence-electron chi connectivity index (χ1n) is 13.3. The molecule has 1 amide bonds. The van der Waals surface area contributed by atoms with Gasteiger partial charge in [-0.1, -0.05) is 53.6 Å². The molecule has 42 heavy (non-hydrogen) atoms. The molecule has 0 aliphatic heterocycles. The Morgan fingerprint density at radius 1 is 0.905 bits per heavy atom. The molecule has 4 rings (SSSR count). The quantitative estimate of drug-likeness (QED) is 0.151. The van der Waals surface area contributed by atoms with Crippen molar-refractivity contribution in [3.63, 3.8) is 0 Å². The number of anilines is 1. The fourth-order valence-electron chi connectivity index (χ4n) is 4.01. The Balaban J connectivity index is 1.47. The summed E-state index contributed by atoms with van der Waals surface area (Å²) in [5, 5.41) is 4.70. The van der Waals surface area contributed by atoms with Gasteiger partial charge in [-0.25, -0.2) is 13.8 Å². The van der Waals surface area contributed by atoms with Gasteiger partial charge in [0.2, 0.25) is 0 Å². The molecule has 8 nitrogen and oxygen atoms in total. The summed E-state index contributed by atoms with van der Waals surface area (Å²) < 4.78 is 39.9. The number of ether oxygens (including phenoxy) is 2. The van der Waals surface area contributed by atoms with E-state index in [4.69, 9.17) is 21.1 Å². The van der Waals surface area contributed by atoms with E-state index >= 15 is 0 Å². The molecule has 1 N–H and O–H groups in total. The second-order valence-electron chi connectivity index (χ2n) is 9.51. The third-order valence-corrected chi connectivity index (χ3v) is 8.20. The number of carbonyl (C=O) groups is 1. The maximum atomic E-state index is 13.6. The second kappa shape index (κ2) is 14.0. The number of hydrogen-bond donors (Lipinski definition) is 1. The lowest BCUT2D eigenvalue weighted by molar-refractivity contribution is -0.119.